The van der Waals surface area contributed by atoms with Gasteiger partial charge in [0.2, 0.25) is 5.88 Å². The summed E-state index contributed by atoms with van der Waals surface area (Å²) in [4.78, 5) is 8.52. The van der Waals surface area contributed by atoms with Gasteiger partial charge in [-0.05, 0) is 18.4 Å². The monoisotopic (exact) mass is 290 g/mol. The fraction of sp³-hybridized carbons (Fsp3) is 0.500. The number of nitrogens with zero attached hydrogens (tertiary/aromatic N) is 4. The third-order valence-electron chi connectivity index (χ3n) is 3.28. The smallest absolute Gasteiger partial charge is 0.212 e. The van der Waals surface area contributed by atoms with Crippen LogP contribution in [0.3, 0.4) is 0 Å². The summed E-state index contributed by atoms with van der Waals surface area (Å²) in [6, 6.07) is 3.93. The van der Waals surface area contributed by atoms with Crippen molar-refractivity contribution >= 4 is 0 Å². The number of ether oxygens (including phenoxy) is 1. The number of rotatable bonds is 8. The molecule has 1 atom stereocenters. The molecular formula is C14H22N6O. The van der Waals surface area contributed by atoms with Gasteiger partial charge in [-0.3, -0.25) is 16.0 Å². The van der Waals surface area contributed by atoms with Gasteiger partial charge in [0.25, 0.3) is 0 Å². The van der Waals surface area contributed by atoms with Gasteiger partial charge in [-0.25, -0.2) is 9.97 Å². The van der Waals surface area contributed by atoms with Crippen molar-refractivity contribution in [3.05, 3.63) is 36.0 Å². The van der Waals surface area contributed by atoms with Gasteiger partial charge in [0.1, 0.15) is 12.2 Å². The summed E-state index contributed by atoms with van der Waals surface area (Å²) in [5.74, 6) is 7.22. The Balaban J connectivity index is 2.00. The first-order valence-electron chi connectivity index (χ1n) is 7.08. The first-order chi connectivity index (χ1) is 10.3. The zero-order valence-electron chi connectivity index (χ0n) is 12.5. The highest BCUT2D eigenvalue weighted by Crippen LogP contribution is 2.10. The average molecular weight is 290 g/mol. The lowest BCUT2D eigenvalue weighted by molar-refractivity contribution is 0.397. The standard InChI is InChI=1S/C14H22N6O/c1-3-6-20-13(17-10-18-20)8-12(19-15)7-11-4-5-14(21-2)16-9-11/h4-5,9-10,12,19H,3,6-8,15H2,1-2H3. The molecule has 0 spiro atoms. The van der Waals surface area contributed by atoms with Crippen molar-refractivity contribution in [3.8, 4) is 5.88 Å². The number of pyridine rings is 1. The Kier molecular flexibility index (Phi) is 5.65. The molecule has 0 aliphatic heterocycles. The van der Waals surface area contributed by atoms with E-state index in [1.807, 2.05) is 16.8 Å². The van der Waals surface area contributed by atoms with E-state index in [4.69, 9.17) is 10.6 Å². The molecule has 1 unspecified atom stereocenters. The van der Waals surface area contributed by atoms with Crippen molar-refractivity contribution in [1.82, 2.24) is 25.2 Å². The van der Waals surface area contributed by atoms with E-state index in [1.165, 1.54) is 0 Å². The second-order valence-corrected chi connectivity index (χ2v) is 4.88. The number of hydrogen-bond acceptors (Lipinski definition) is 6. The van der Waals surface area contributed by atoms with Crippen LogP contribution in [-0.4, -0.2) is 32.9 Å². The maximum atomic E-state index is 5.66. The van der Waals surface area contributed by atoms with Gasteiger partial charge in [0.05, 0.1) is 7.11 Å². The van der Waals surface area contributed by atoms with E-state index in [0.717, 1.165) is 37.2 Å². The minimum absolute atomic E-state index is 0.0833. The summed E-state index contributed by atoms with van der Waals surface area (Å²) in [6.45, 7) is 2.99. The highest BCUT2D eigenvalue weighted by atomic mass is 16.5. The summed E-state index contributed by atoms with van der Waals surface area (Å²) >= 11 is 0. The van der Waals surface area contributed by atoms with Gasteiger partial charge in [0, 0.05) is 31.3 Å². The van der Waals surface area contributed by atoms with Gasteiger partial charge < -0.3 is 4.74 Å². The van der Waals surface area contributed by atoms with Crippen LogP contribution in [0.5, 0.6) is 5.88 Å². The maximum absolute atomic E-state index is 5.66. The molecule has 21 heavy (non-hydrogen) atoms. The predicted molar refractivity (Wildman–Crippen MR) is 79.6 cm³/mol. The molecule has 0 saturated heterocycles. The third kappa shape index (κ3) is 4.24. The van der Waals surface area contributed by atoms with Gasteiger partial charge in [0.15, 0.2) is 0 Å². The molecule has 2 aromatic rings. The lowest BCUT2D eigenvalue weighted by Gasteiger charge is -2.16. The number of methoxy groups -OCH3 is 1. The van der Waals surface area contributed by atoms with Crippen molar-refractivity contribution in [2.75, 3.05) is 7.11 Å². The predicted octanol–water partition coefficient (Wildman–Crippen LogP) is 0.709. The fourth-order valence-corrected chi connectivity index (χ4v) is 2.19. The van der Waals surface area contributed by atoms with Crippen molar-refractivity contribution in [2.45, 2.75) is 38.8 Å². The zero-order valence-corrected chi connectivity index (χ0v) is 12.5. The molecule has 7 nitrogen and oxygen atoms in total. The quantitative estimate of drug-likeness (QED) is 0.549. The topological polar surface area (TPSA) is 90.9 Å². The molecule has 0 aliphatic carbocycles. The summed E-state index contributed by atoms with van der Waals surface area (Å²) in [5.41, 5.74) is 3.94. The SMILES string of the molecule is CCCn1ncnc1CC(Cc1ccc(OC)nc1)NN. The minimum Gasteiger partial charge on any atom is -0.481 e. The molecule has 114 valence electrons. The van der Waals surface area contributed by atoms with Crippen LogP contribution >= 0.6 is 0 Å². The van der Waals surface area contributed by atoms with Gasteiger partial charge in [-0.2, -0.15) is 5.10 Å². The number of nitrogens with one attached hydrogen (secondary N) is 1. The van der Waals surface area contributed by atoms with Gasteiger partial charge in [-0.1, -0.05) is 13.0 Å². The Morgan fingerprint density at radius 3 is 2.81 bits per heavy atom. The third-order valence-corrected chi connectivity index (χ3v) is 3.28. The molecule has 7 heteroatoms. The second kappa shape index (κ2) is 7.70. The second-order valence-electron chi connectivity index (χ2n) is 4.88. The first-order valence-corrected chi connectivity index (χ1v) is 7.08. The van der Waals surface area contributed by atoms with Crippen LogP contribution in [0.2, 0.25) is 0 Å². The highest BCUT2D eigenvalue weighted by Gasteiger charge is 2.13. The van der Waals surface area contributed by atoms with Crippen LogP contribution in [0.4, 0.5) is 0 Å². The summed E-state index contributed by atoms with van der Waals surface area (Å²) < 4.78 is 6.98. The van der Waals surface area contributed by atoms with Crippen LogP contribution < -0.4 is 16.0 Å². The molecule has 0 amide bonds. The van der Waals surface area contributed by atoms with Gasteiger partial charge >= 0.3 is 0 Å². The van der Waals surface area contributed by atoms with Crippen molar-refractivity contribution < 1.29 is 4.74 Å². The Bertz CT molecular complexity index is 539. The fourth-order valence-electron chi connectivity index (χ4n) is 2.19. The van der Waals surface area contributed by atoms with Crippen molar-refractivity contribution in [1.29, 1.82) is 0 Å². The number of hydrogen-bond donors (Lipinski definition) is 2. The lowest BCUT2D eigenvalue weighted by atomic mass is 10.1. The largest absolute Gasteiger partial charge is 0.481 e. The molecule has 2 heterocycles. The zero-order chi connectivity index (χ0) is 15.1. The summed E-state index contributed by atoms with van der Waals surface area (Å²) in [6.07, 6.45) is 5.92. The molecule has 0 radical (unpaired) electrons. The molecule has 3 N–H and O–H groups in total. The average Bonchev–Trinajstić information content (AvgIpc) is 2.95. The Labute approximate surface area is 124 Å². The molecule has 0 saturated carbocycles. The highest BCUT2D eigenvalue weighted by molar-refractivity contribution is 5.18. The Morgan fingerprint density at radius 2 is 2.19 bits per heavy atom. The van der Waals surface area contributed by atoms with E-state index >= 15 is 0 Å². The maximum Gasteiger partial charge on any atom is 0.212 e. The number of aromatic nitrogens is 4. The molecule has 2 aromatic heterocycles. The van der Waals surface area contributed by atoms with E-state index in [-0.39, 0.29) is 6.04 Å². The molecule has 0 aromatic carbocycles. The normalized spacial score (nSPS) is 12.3. The van der Waals surface area contributed by atoms with E-state index in [0.29, 0.717) is 5.88 Å². The minimum atomic E-state index is 0.0833. The van der Waals surface area contributed by atoms with Crippen LogP contribution in [0.25, 0.3) is 0 Å². The lowest BCUT2D eigenvalue weighted by Crippen LogP contribution is -2.39. The number of aryl methyl sites for hydroxylation is 1. The van der Waals surface area contributed by atoms with Crippen molar-refractivity contribution in [3.63, 3.8) is 0 Å². The Hall–Kier alpha value is -1.99. The van der Waals surface area contributed by atoms with Gasteiger partial charge in [-0.15, -0.1) is 0 Å². The van der Waals surface area contributed by atoms with Crippen LogP contribution in [-0.2, 0) is 19.4 Å². The van der Waals surface area contributed by atoms with Crippen LogP contribution in [0.1, 0.15) is 24.7 Å². The molecule has 0 fully saturated rings. The van der Waals surface area contributed by atoms with Crippen molar-refractivity contribution in [2.24, 2.45) is 5.84 Å². The number of nitrogens with two attached hydrogens (primary N) is 1. The molecular weight excluding hydrogens is 268 g/mol. The van der Waals surface area contributed by atoms with E-state index < -0.39 is 0 Å². The van der Waals surface area contributed by atoms with Crippen LogP contribution in [0, 0.1) is 0 Å². The van der Waals surface area contributed by atoms with Crippen LogP contribution in [0.15, 0.2) is 24.7 Å². The molecule has 0 bridgehead atoms. The van der Waals surface area contributed by atoms with E-state index in [1.54, 1.807) is 19.6 Å². The van der Waals surface area contributed by atoms with E-state index in [9.17, 15) is 0 Å². The molecule has 2 rings (SSSR count). The van der Waals surface area contributed by atoms with E-state index in [2.05, 4.69) is 27.4 Å². The molecule has 0 aliphatic rings. The number of hydrazine groups is 1. The Morgan fingerprint density at radius 1 is 1.33 bits per heavy atom. The first kappa shape index (κ1) is 15.4. The summed E-state index contributed by atoms with van der Waals surface area (Å²) in [5, 5.41) is 4.23. The summed E-state index contributed by atoms with van der Waals surface area (Å²) in [7, 11) is 1.60.